The van der Waals surface area contributed by atoms with Crippen LogP contribution in [0.5, 0.6) is 0 Å². The molecule has 0 unspecified atom stereocenters. The number of aliphatic carboxylic acids is 1. The molecule has 30 heavy (non-hydrogen) atoms. The van der Waals surface area contributed by atoms with E-state index in [0.29, 0.717) is 11.4 Å². The molecule has 0 aromatic heterocycles. The van der Waals surface area contributed by atoms with Gasteiger partial charge in [-0.2, -0.15) is 0 Å². The number of amides is 2. The van der Waals surface area contributed by atoms with Gasteiger partial charge in [0.1, 0.15) is 5.70 Å². The van der Waals surface area contributed by atoms with Crippen molar-refractivity contribution in [3.8, 4) is 0 Å². The first-order chi connectivity index (χ1) is 14.4. The van der Waals surface area contributed by atoms with Crippen LogP contribution in [0.25, 0.3) is 0 Å². The van der Waals surface area contributed by atoms with E-state index in [4.69, 9.17) is 14.6 Å². The molecular weight excluding hydrogens is 394 g/mol. The lowest BCUT2D eigenvalue weighted by Gasteiger charge is -2.23. The van der Waals surface area contributed by atoms with E-state index in [-0.39, 0.29) is 24.2 Å². The summed E-state index contributed by atoms with van der Waals surface area (Å²) in [5.41, 5.74) is 0.963. The average molecular weight is 415 g/mol. The van der Waals surface area contributed by atoms with E-state index in [1.807, 2.05) is 0 Å². The molecule has 0 radical (unpaired) electrons. The monoisotopic (exact) mass is 415 g/mol. The van der Waals surface area contributed by atoms with Crippen molar-refractivity contribution < 1.29 is 33.8 Å². The van der Waals surface area contributed by atoms with Crippen LogP contribution in [0.3, 0.4) is 0 Å². The van der Waals surface area contributed by atoms with Crippen LogP contribution in [0, 0.1) is 0 Å². The molecule has 0 spiro atoms. The molecule has 0 saturated carbocycles. The molecule has 158 valence electrons. The Labute approximate surface area is 172 Å². The number of methoxy groups -OCH3 is 2. The van der Waals surface area contributed by atoms with Crippen molar-refractivity contribution in [3.63, 3.8) is 0 Å². The third kappa shape index (κ3) is 5.71. The Balaban J connectivity index is 2.24. The van der Waals surface area contributed by atoms with Gasteiger partial charge in [-0.1, -0.05) is 6.08 Å². The first-order valence-corrected chi connectivity index (χ1v) is 8.79. The Bertz CT molecular complexity index is 917. The zero-order valence-corrected chi connectivity index (χ0v) is 16.4. The number of nitrogens with zero attached hydrogens (tertiary/aromatic N) is 1. The molecule has 0 bridgehead atoms. The zero-order valence-electron chi connectivity index (χ0n) is 16.4. The highest BCUT2D eigenvalue weighted by Crippen LogP contribution is 2.27. The second-order valence-electron chi connectivity index (χ2n) is 5.89. The van der Waals surface area contributed by atoms with E-state index in [1.165, 1.54) is 25.2 Å². The normalized spacial score (nSPS) is 12.8. The summed E-state index contributed by atoms with van der Waals surface area (Å²) in [4.78, 5) is 48.3. The van der Waals surface area contributed by atoms with E-state index >= 15 is 0 Å². The SMILES string of the molecule is COC(=O)C1=C(C(=O)OC)N(c2ccc(NC(=O)NCCC(=O)O)cc2)C=CC=C1. The molecule has 1 heterocycles. The number of carboxylic acid groups (broad SMARTS) is 1. The molecule has 1 aliphatic rings. The van der Waals surface area contributed by atoms with Crippen molar-refractivity contribution in [3.05, 3.63) is 60.0 Å². The summed E-state index contributed by atoms with van der Waals surface area (Å²) >= 11 is 0. The first-order valence-electron chi connectivity index (χ1n) is 8.79. The van der Waals surface area contributed by atoms with Gasteiger partial charge in [0.05, 0.1) is 26.2 Å². The lowest BCUT2D eigenvalue weighted by atomic mass is 10.1. The number of carboxylic acids is 1. The van der Waals surface area contributed by atoms with Crippen LogP contribution in [0.2, 0.25) is 0 Å². The number of rotatable bonds is 7. The molecule has 0 aliphatic carbocycles. The number of allylic oxidation sites excluding steroid dienone is 2. The van der Waals surface area contributed by atoms with Gasteiger partial charge in [-0.3, -0.25) is 4.79 Å². The summed E-state index contributed by atoms with van der Waals surface area (Å²) in [6.45, 7) is -0.00554. The van der Waals surface area contributed by atoms with E-state index in [9.17, 15) is 19.2 Å². The Morgan fingerprint density at radius 1 is 1.00 bits per heavy atom. The third-order valence-electron chi connectivity index (χ3n) is 3.92. The number of benzene rings is 1. The predicted molar refractivity (Wildman–Crippen MR) is 108 cm³/mol. The lowest BCUT2D eigenvalue weighted by Crippen LogP contribution is -2.30. The van der Waals surface area contributed by atoms with E-state index in [2.05, 4.69) is 10.6 Å². The standard InChI is InChI=1S/C20H21N3O7/c1-29-18(26)15-5-3-4-12-23(17(15)19(27)30-2)14-8-6-13(7-9-14)22-20(28)21-11-10-16(24)25/h3-9,12H,10-11H2,1-2H3,(H,24,25)(H2,21,22,28). The number of hydrogen-bond donors (Lipinski definition) is 3. The molecule has 1 aromatic rings. The lowest BCUT2D eigenvalue weighted by molar-refractivity contribution is -0.139. The number of carbonyl (C=O) groups excluding carboxylic acids is 3. The molecule has 3 N–H and O–H groups in total. The maximum absolute atomic E-state index is 12.4. The van der Waals surface area contributed by atoms with E-state index in [0.717, 1.165) is 0 Å². The number of anilines is 2. The van der Waals surface area contributed by atoms with Gasteiger partial charge in [0, 0.05) is 24.1 Å². The quantitative estimate of drug-likeness (QED) is 0.574. The second-order valence-corrected chi connectivity index (χ2v) is 5.89. The highest BCUT2D eigenvalue weighted by Gasteiger charge is 2.27. The highest BCUT2D eigenvalue weighted by atomic mass is 16.5. The Hall–Kier alpha value is -4.08. The maximum atomic E-state index is 12.4. The Kier molecular flexibility index (Phi) is 7.74. The van der Waals surface area contributed by atoms with Crippen LogP contribution in [-0.2, 0) is 23.9 Å². The number of ether oxygens (including phenoxy) is 2. The van der Waals surface area contributed by atoms with Gasteiger partial charge in [0.15, 0.2) is 0 Å². The molecule has 2 amide bonds. The molecule has 0 fully saturated rings. The first kappa shape index (κ1) is 22.2. The van der Waals surface area contributed by atoms with Crippen LogP contribution in [-0.4, -0.2) is 49.8 Å². The smallest absolute Gasteiger partial charge is 0.355 e. The minimum atomic E-state index is -1.01. The van der Waals surface area contributed by atoms with Gasteiger partial charge in [0.2, 0.25) is 0 Å². The summed E-state index contributed by atoms with van der Waals surface area (Å²) in [5.74, 6) is -2.44. The van der Waals surface area contributed by atoms with Crippen LogP contribution >= 0.6 is 0 Å². The zero-order chi connectivity index (χ0) is 22.1. The topological polar surface area (TPSA) is 134 Å². The number of hydrogen-bond acceptors (Lipinski definition) is 7. The summed E-state index contributed by atoms with van der Waals surface area (Å²) < 4.78 is 9.59. The van der Waals surface area contributed by atoms with Gasteiger partial charge >= 0.3 is 23.9 Å². The second kappa shape index (κ2) is 10.5. The molecule has 1 aromatic carbocycles. The van der Waals surface area contributed by atoms with Gasteiger partial charge in [-0.05, 0) is 36.4 Å². The fourth-order valence-electron chi connectivity index (χ4n) is 2.53. The number of esters is 2. The van der Waals surface area contributed by atoms with Crippen molar-refractivity contribution in [2.75, 3.05) is 31.0 Å². The third-order valence-corrected chi connectivity index (χ3v) is 3.92. The molecule has 0 atom stereocenters. The van der Waals surface area contributed by atoms with Crippen molar-refractivity contribution >= 4 is 35.3 Å². The van der Waals surface area contributed by atoms with Crippen molar-refractivity contribution in [1.29, 1.82) is 0 Å². The summed E-state index contributed by atoms with van der Waals surface area (Å²) in [5, 5.41) is 13.6. The Morgan fingerprint density at radius 2 is 1.67 bits per heavy atom. The van der Waals surface area contributed by atoms with E-state index in [1.54, 1.807) is 42.6 Å². The minimum Gasteiger partial charge on any atom is -0.481 e. The maximum Gasteiger partial charge on any atom is 0.355 e. The minimum absolute atomic E-state index is 0.00554. The fraction of sp³-hybridized carbons (Fsp3) is 0.200. The average Bonchev–Trinajstić information content (AvgIpc) is 2.96. The van der Waals surface area contributed by atoms with Crippen LogP contribution in [0.4, 0.5) is 16.2 Å². The van der Waals surface area contributed by atoms with Gasteiger partial charge in [-0.15, -0.1) is 0 Å². The van der Waals surface area contributed by atoms with Gasteiger partial charge < -0.3 is 30.1 Å². The van der Waals surface area contributed by atoms with Crippen molar-refractivity contribution in [1.82, 2.24) is 5.32 Å². The van der Waals surface area contributed by atoms with Gasteiger partial charge in [0.25, 0.3) is 0 Å². The molecule has 1 aliphatic heterocycles. The van der Waals surface area contributed by atoms with Gasteiger partial charge in [-0.25, -0.2) is 14.4 Å². The largest absolute Gasteiger partial charge is 0.481 e. The number of carbonyl (C=O) groups is 4. The number of nitrogens with one attached hydrogen (secondary N) is 2. The molecule has 10 nitrogen and oxygen atoms in total. The van der Waals surface area contributed by atoms with Crippen LogP contribution in [0.1, 0.15) is 6.42 Å². The fourth-order valence-corrected chi connectivity index (χ4v) is 2.53. The Morgan fingerprint density at radius 3 is 2.27 bits per heavy atom. The number of urea groups is 1. The summed E-state index contributed by atoms with van der Waals surface area (Å²) in [6.07, 6.45) is 6.08. The van der Waals surface area contributed by atoms with Crippen LogP contribution < -0.4 is 15.5 Å². The van der Waals surface area contributed by atoms with E-state index < -0.39 is 23.9 Å². The highest BCUT2D eigenvalue weighted by molar-refractivity contribution is 6.05. The summed E-state index contributed by atoms with van der Waals surface area (Å²) in [6, 6.07) is 5.88. The predicted octanol–water partition coefficient (Wildman–Crippen LogP) is 1.77. The van der Waals surface area contributed by atoms with Crippen molar-refractivity contribution in [2.24, 2.45) is 0 Å². The summed E-state index contributed by atoms with van der Waals surface area (Å²) in [7, 11) is 2.42. The molecule has 0 saturated heterocycles. The van der Waals surface area contributed by atoms with Crippen molar-refractivity contribution in [2.45, 2.75) is 6.42 Å². The molecular formula is C20H21N3O7. The molecule has 2 rings (SSSR count). The van der Waals surface area contributed by atoms with Crippen LogP contribution in [0.15, 0.2) is 60.0 Å². The molecule has 10 heteroatoms.